The van der Waals surface area contributed by atoms with Gasteiger partial charge < -0.3 is 37.6 Å². The summed E-state index contributed by atoms with van der Waals surface area (Å²) in [6.45, 7) is 5.01. The number of amides is 2. The van der Waals surface area contributed by atoms with Gasteiger partial charge in [0.15, 0.2) is 0 Å². The zero-order chi connectivity index (χ0) is 40.0. The minimum atomic E-state index is -5.28. The molecule has 9 rings (SSSR count). The first-order valence-corrected chi connectivity index (χ1v) is 21.3. The summed E-state index contributed by atoms with van der Waals surface area (Å²) in [6, 6.07) is 31.7. The van der Waals surface area contributed by atoms with Crippen LogP contribution >= 0.6 is 7.82 Å². The molecule has 1 saturated heterocycles. The largest absolute Gasteiger partial charge is 1.00 e. The molecule has 0 saturated carbocycles. The molecule has 6 aromatic rings. The molecule has 12 nitrogen and oxygen atoms in total. The number of aryl methyl sites for hydroxylation is 1. The van der Waals surface area contributed by atoms with Crippen LogP contribution in [0.1, 0.15) is 50.4 Å². The van der Waals surface area contributed by atoms with Crippen molar-refractivity contribution < 1.29 is 92.3 Å². The van der Waals surface area contributed by atoms with Crippen LogP contribution in [0.15, 0.2) is 109 Å². The van der Waals surface area contributed by atoms with Crippen LogP contribution in [0.25, 0.3) is 22.2 Å². The summed E-state index contributed by atoms with van der Waals surface area (Å²) in [5.41, 5.74) is 8.10. The van der Waals surface area contributed by atoms with E-state index in [0.717, 1.165) is 72.3 Å². The first-order valence-electron chi connectivity index (χ1n) is 19.8. The Labute approximate surface area is 393 Å². The van der Waals surface area contributed by atoms with Gasteiger partial charge in [0.2, 0.25) is 0 Å². The maximum atomic E-state index is 15.2. The van der Waals surface area contributed by atoms with Crippen molar-refractivity contribution >= 4 is 41.9 Å². The number of carbonyl (C=O) groups is 2. The number of hydrogen-bond acceptors (Lipinski definition) is 8. The van der Waals surface area contributed by atoms with E-state index in [4.69, 9.17) is 4.74 Å². The van der Waals surface area contributed by atoms with Crippen molar-refractivity contribution in [2.75, 3.05) is 37.7 Å². The Bertz CT molecular complexity index is 2560. The molecule has 1 atom stereocenters. The molecule has 0 bridgehead atoms. The van der Waals surface area contributed by atoms with Crippen LogP contribution in [0.5, 0.6) is 5.75 Å². The van der Waals surface area contributed by atoms with E-state index < -0.39 is 7.82 Å². The summed E-state index contributed by atoms with van der Waals surface area (Å²) in [6.07, 6.45) is 5.25. The third-order valence-electron chi connectivity index (χ3n) is 11.7. The number of fused-ring (bicyclic) bond motifs is 3. The van der Waals surface area contributed by atoms with E-state index in [0.29, 0.717) is 55.2 Å². The number of morpholine rings is 1. The topological polar surface area (TPSA) is 135 Å². The van der Waals surface area contributed by atoms with Gasteiger partial charge in [0.05, 0.1) is 18.8 Å². The van der Waals surface area contributed by atoms with Gasteiger partial charge in [-0.05, 0) is 97.5 Å². The zero-order valence-electron chi connectivity index (χ0n) is 34.3. The van der Waals surface area contributed by atoms with Gasteiger partial charge in [-0.1, -0.05) is 42.5 Å². The number of anilines is 2. The van der Waals surface area contributed by atoms with Crippen molar-refractivity contribution in [1.29, 1.82) is 0 Å². The minimum absolute atomic E-state index is 0. The molecular formula is C45H44N5Na2O7P. The number of hydrogen-bond donors (Lipinski definition) is 0. The molecule has 5 heterocycles. The van der Waals surface area contributed by atoms with E-state index in [1.807, 2.05) is 83.4 Å². The van der Waals surface area contributed by atoms with Crippen molar-refractivity contribution in [2.45, 2.75) is 44.8 Å². The second-order valence-electron chi connectivity index (χ2n) is 15.4. The van der Waals surface area contributed by atoms with E-state index in [-0.39, 0.29) is 82.7 Å². The monoisotopic (exact) mass is 843 g/mol. The molecule has 3 aliphatic rings. The molecule has 60 heavy (non-hydrogen) atoms. The summed E-state index contributed by atoms with van der Waals surface area (Å²) >= 11 is 0. The molecule has 3 aliphatic heterocycles. The number of ether oxygens (including phenoxy) is 1. The van der Waals surface area contributed by atoms with Gasteiger partial charge in [0.1, 0.15) is 13.6 Å². The van der Waals surface area contributed by atoms with Crippen LogP contribution < -0.4 is 78.3 Å². The molecule has 4 aromatic carbocycles. The molecule has 0 radical (unpaired) electrons. The van der Waals surface area contributed by atoms with Crippen molar-refractivity contribution in [1.82, 2.24) is 18.9 Å². The Morgan fingerprint density at radius 2 is 1.55 bits per heavy atom. The first kappa shape index (κ1) is 44.6. The SMILES string of the molecule is Cn1ccc2cc(N(C(=O)c3cc(-c4ccccc4C(=O)N4Cc5ccccc5C[C@H]4CN4CCOCC4)n4c3CCCC4)c3ccc(OP(=O)([O-])[O-])cc3)ccc21.[Na+].[Na+]. The van der Waals surface area contributed by atoms with E-state index in [9.17, 15) is 19.1 Å². The molecule has 298 valence electrons. The van der Waals surface area contributed by atoms with Crippen LogP contribution in [-0.2, 0) is 42.3 Å². The Morgan fingerprint density at radius 3 is 2.32 bits per heavy atom. The fourth-order valence-corrected chi connectivity index (χ4v) is 9.28. The quantitative estimate of drug-likeness (QED) is 0.148. The van der Waals surface area contributed by atoms with Crippen LogP contribution in [-0.4, -0.2) is 69.6 Å². The van der Waals surface area contributed by atoms with Crippen LogP contribution in [0.3, 0.4) is 0 Å². The average molecular weight is 844 g/mol. The smallest absolute Gasteiger partial charge is 0.780 e. The second kappa shape index (κ2) is 18.9. The molecule has 1 fully saturated rings. The number of aromatic nitrogens is 2. The van der Waals surface area contributed by atoms with Gasteiger partial charge in [-0.25, -0.2) is 0 Å². The van der Waals surface area contributed by atoms with Crippen molar-refractivity contribution in [3.8, 4) is 17.0 Å². The van der Waals surface area contributed by atoms with Crippen LogP contribution in [0.2, 0.25) is 0 Å². The summed E-state index contributed by atoms with van der Waals surface area (Å²) in [5.74, 6) is -0.457. The second-order valence-corrected chi connectivity index (χ2v) is 16.4. The zero-order valence-corrected chi connectivity index (χ0v) is 39.2. The summed E-state index contributed by atoms with van der Waals surface area (Å²) < 4.78 is 25.8. The first-order chi connectivity index (χ1) is 28.1. The standard InChI is InChI=1S/C45H46N5O7P.2Na/c1-46-21-19-32-27-35(15-18-41(32)46)50(34-13-16-37(17-14-34)57-58(53,54)55)45(52)40-28-43(48-20-7-6-12-42(40)48)38-10-4-5-11-39(38)44(51)49-29-33-9-3-2-8-31(33)26-36(49)30-47-22-24-56-25-23-47;;/h2-5,8-11,13-19,21,27-28,36H,6-7,12,20,22-26,29-30H2,1H3,(H2,53,54,55);;/q;2*+1/p-2/t36-;;/m0../s1. The normalized spacial score (nSPS) is 16.6. The van der Waals surface area contributed by atoms with Gasteiger partial charge in [-0.3, -0.25) is 19.4 Å². The van der Waals surface area contributed by atoms with Crippen molar-refractivity contribution in [2.24, 2.45) is 7.05 Å². The fourth-order valence-electron chi connectivity index (χ4n) is 8.90. The van der Waals surface area contributed by atoms with Gasteiger partial charge in [-0.2, -0.15) is 0 Å². The maximum Gasteiger partial charge on any atom is 1.00 e. The number of rotatable bonds is 9. The van der Waals surface area contributed by atoms with Crippen molar-refractivity contribution in [3.05, 3.63) is 137 Å². The third kappa shape index (κ3) is 9.16. The molecule has 0 unspecified atom stereocenters. The Hall–Kier alpha value is -3.49. The molecule has 15 heteroatoms. The molecule has 2 aromatic heterocycles. The predicted octanol–water partition coefficient (Wildman–Crippen LogP) is 0.0764. The van der Waals surface area contributed by atoms with E-state index in [2.05, 4.69) is 32.2 Å². The number of benzene rings is 4. The minimum Gasteiger partial charge on any atom is -0.780 e. The number of phosphoric acid groups is 1. The molecule has 0 spiro atoms. The van der Waals surface area contributed by atoms with E-state index in [1.165, 1.54) is 17.7 Å². The summed E-state index contributed by atoms with van der Waals surface area (Å²) in [5, 5.41) is 0.940. The molecule has 2 amide bonds. The van der Waals surface area contributed by atoms with E-state index >= 15 is 4.79 Å². The Morgan fingerprint density at radius 1 is 0.833 bits per heavy atom. The van der Waals surface area contributed by atoms with Crippen LogP contribution in [0, 0.1) is 0 Å². The number of carbonyl (C=O) groups excluding carboxylic acids is 2. The van der Waals surface area contributed by atoms with Crippen molar-refractivity contribution in [3.63, 3.8) is 0 Å². The number of nitrogens with zero attached hydrogens (tertiary/aromatic N) is 5. The van der Waals surface area contributed by atoms with E-state index in [1.54, 1.807) is 17.0 Å². The number of phosphoric ester groups is 1. The molecular weight excluding hydrogens is 799 g/mol. The maximum absolute atomic E-state index is 15.2. The Balaban J connectivity index is 0.00000272. The van der Waals surface area contributed by atoms with Crippen LogP contribution in [0.4, 0.5) is 11.4 Å². The van der Waals surface area contributed by atoms with Gasteiger partial charge in [-0.15, -0.1) is 0 Å². The summed E-state index contributed by atoms with van der Waals surface area (Å²) in [4.78, 5) is 58.9. The molecule has 0 aliphatic carbocycles. The summed E-state index contributed by atoms with van der Waals surface area (Å²) in [7, 11) is -3.32. The van der Waals surface area contributed by atoms with Gasteiger partial charge in [0.25, 0.3) is 11.8 Å². The average Bonchev–Trinajstić information content (AvgIpc) is 3.81. The third-order valence-corrected chi connectivity index (χ3v) is 12.2. The van der Waals surface area contributed by atoms with Gasteiger partial charge >= 0.3 is 59.1 Å². The molecule has 0 N–H and O–H groups in total. The predicted molar refractivity (Wildman–Crippen MR) is 218 cm³/mol. The Kier molecular flexibility index (Phi) is 14.0. The van der Waals surface area contributed by atoms with Gasteiger partial charge in [0, 0.05) is 96.8 Å². The fraction of sp³-hybridized carbons (Fsp3) is 0.289.